The van der Waals surface area contributed by atoms with Crippen LogP contribution in [-0.2, 0) is 0 Å². The van der Waals surface area contributed by atoms with Gasteiger partial charge in [0.1, 0.15) is 5.75 Å². The number of halogens is 3. The van der Waals surface area contributed by atoms with Gasteiger partial charge in [0, 0.05) is 6.20 Å². The summed E-state index contributed by atoms with van der Waals surface area (Å²) in [4.78, 5) is 2.79. The Morgan fingerprint density at radius 1 is 1.15 bits per heavy atom. The molecule has 0 fully saturated rings. The van der Waals surface area contributed by atoms with Gasteiger partial charge in [0.15, 0.2) is 0 Å². The van der Waals surface area contributed by atoms with Crippen LogP contribution in [0.2, 0.25) is 15.1 Å². The minimum Gasteiger partial charge on any atom is -0.506 e. The van der Waals surface area contributed by atoms with Crippen molar-refractivity contribution in [3.63, 3.8) is 0 Å². The van der Waals surface area contributed by atoms with E-state index in [4.69, 9.17) is 34.8 Å². The molecule has 0 aliphatic rings. The molecule has 1 aromatic carbocycles. The SMILES string of the molecule is Oc1c[nH]c2c(Cl)c(Cl)cc(Cl)c12. The maximum atomic E-state index is 9.39. The van der Waals surface area contributed by atoms with Gasteiger partial charge in [0.05, 0.1) is 26.0 Å². The number of hydrogen-bond donors (Lipinski definition) is 2. The van der Waals surface area contributed by atoms with E-state index in [0.717, 1.165) is 0 Å². The third-order valence-electron chi connectivity index (χ3n) is 1.78. The number of fused-ring (bicyclic) bond motifs is 1. The van der Waals surface area contributed by atoms with Crippen LogP contribution in [0.1, 0.15) is 0 Å². The zero-order valence-electron chi connectivity index (χ0n) is 6.24. The highest BCUT2D eigenvalue weighted by Gasteiger charge is 2.12. The molecule has 1 heterocycles. The van der Waals surface area contributed by atoms with Gasteiger partial charge in [-0.1, -0.05) is 34.8 Å². The van der Waals surface area contributed by atoms with Gasteiger partial charge in [-0.05, 0) is 6.07 Å². The molecule has 0 amide bonds. The van der Waals surface area contributed by atoms with E-state index in [1.54, 1.807) is 0 Å². The fraction of sp³-hybridized carbons (Fsp3) is 0. The van der Waals surface area contributed by atoms with E-state index in [9.17, 15) is 5.11 Å². The van der Waals surface area contributed by atoms with Gasteiger partial charge in [-0.3, -0.25) is 0 Å². The summed E-state index contributed by atoms with van der Waals surface area (Å²) in [6, 6.07) is 1.50. The number of hydrogen-bond acceptors (Lipinski definition) is 1. The molecule has 0 aliphatic heterocycles. The molecule has 68 valence electrons. The van der Waals surface area contributed by atoms with Crippen LogP contribution in [0.25, 0.3) is 10.9 Å². The van der Waals surface area contributed by atoms with Crippen molar-refractivity contribution in [3.05, 3.63) is 27.3 Å². The first-order chi connectivity index (χ1) is 6.11. The number of aromatic amines is 1. The molecule has 0 radical (unpaired) electrons. The first kappa shape index (κ1) is 9.00. The van der Waals surface area contributed by atoms with Gasteiger partial charge in [0.2, 0.25) is 0 Å². The molecule has 0 spiro atoms. The lowest BCUT2D eigenvalue weighted by atomic mass is 10.2. The average Bonchev–Trinajstić information content (AvgIpc) is 2.44. The minimum absolute atomic E-state index is 0.0681. The molecule has 0 saturated heterocycles. The van der Waals surface area contributed by atoms with Crippen molar-refractivity contribution in [1.82, 2.24) is 4.98 Å². The van der Waals surface area contributed by atoms with Crippen LogP contribution in [0.4, 0.5) is 0 Å². The number of rotatable bonds is 0. The van der Waals surface area contributed by atoms with Crippen LogP contribution in [0.5, 0.6) is 5.75 Å². The fourth-order valence-electron chi connectivity index (χ4n) is 1.19. The molecular formula is C8H4Cl3NO. The number of nitrogens with one attached hydrogen (secondary N) is 1. The summed E-state index contributed by atoms with van der Waals surface area (Å²) in [6.07, 6.45) is 1.42. The van der Waals surface area contributed by atoms with Gasteiger partial charge >= 0.3 is 0 Å². The van der Waals surface area contributed by atoms with Crippen LogP contribution in [-0.4, -0.2) is 10.1 Å². The Hall–Kier alpha value is -0.570. The number of benzene rings is 1. The predicted octanol–water partition coefficient (Wildman–Crippen LogP) is 3.83. The second-order valence-electron chi connectivity index (χ2n) is 2.58. The topological polar surface area (TPSA) is 36.0 Å². The highest BCUT2D eigenvalue weighted by molar-refractivity contribution is 6.47. The molecule has 0 bridgehead atoms. The van der Waals surface area contributed by atoms with Gasteiger partial charge < -0.3 is 10.1 Å². The Morgan fingerprint density at radius 2 is 1.85 bits per heavy atom. The summed E-state index contributed by atoms with van der Waals surface area (Å²) < 4.78 is 0. The van der Waals surface area contributed by atoms with Crippen molar-refractivity contribution in [1.29, 1.82) is 0 Å². The smallest absolute Gasteiger partial charge is 0.142 e. The van der Waals surface area contributed by atoms with Gasteiger partial charge in [0.25, 0.3) is 0 Å². The van der Waals surface area contributed by atoms with Crippen molar-refractivity contribution >= 4 is 45.7 Å². The minimum atomic E-state index is 0.0681. The summed E-state index contributed by atoms with van der Waals surface area (Å²) in [7, 11) is 0. The van der Waals surface area contributed by atoms with Crippen LogP contribution in [0.3, 0.4) is 0 Å². The standard InChI is InChI=1S/C8H4Cl3NO/c9-3-1-4(10)7(11)8-6(3)5(13)2-12-8/h1-2,12-13H. The zero-order chi connectivity index (χ0) is 9.59. The third kappa shape index (κ3) is 1.26. The first-order valence-electron chi connectivity index (χ1n) is 3.45. The van der Waals surface area contributed by atoms with E-state index in [1.807, 2.05) is 0 Å². The molecule has 0 saturated carbocycles. The van der Waals surface area contributed by atoms with Crippen LogP contribution >= 0.6 is 34.8 Å². The Balaban J connectivity index is 2.99. The van der Waals surface area contributed by atoms with Crippen molar-refractivity contribution in [3.8, 4) is 5.75 Å². The van der Waals surface area contributed by atoms with E-state index in [-0.39, 0.29) is 5.75 Å². The second kappa shape index (κ2) is 2.98. The molecule has 5 heteroatoms. The maximum Gasteiger partial charge on any atom is 0.142 e. The van der Waals surface area contributed by atoms with E-state index in [0.29, 0.717) is 26.0 Å². The summed E-state index contributed by atoms with van der Waals surface area (Å²) >= 11 is 17.5. The lowest BCUT2D eigenvalue weighted by Gasteiger charge is -2.00. The fourth-order valence-corrected chi connectivity index (χ4v) is 1.96. The highest BCUT2D eigenvalue weighted by atomic mass is 35.5. The molecule has 0 atom stereocenters. The average molecular weight is 236 g/mol. The number of aromatic nitrogens is 1. The molecule has 2 rings (SSSR count). The maximum absolute atomic E-state index is 9.39. The summed E-state index contributed by atoms with van der Waals surface area (Å²) in [5.41, 5.74) is 0.552. The van der Waals surface area contributed by atoms with E-state index in [2.05, 4.69) is 4.98 Å². The molecule has 0 aliphatic carbocycles. The van der Waals surface area contributed by atoms with Crippen LogP contribution in [0.15, 0.2) is 12.3 Å². The molecule has 0 unspecified atom stereocenters. The monoisotopic (exact) mass is 235 g/mol. The lowest BCUT2D eigenvalue weighted by Crippen LogP contribution is -1.75. The van der Waals surface area contributed by atoms with Crippen molar-refractivity contribution in [2.24, 2.45) is 0 Å². The van der Waals surface area contributed by atoms with Crippen molar-refractivity contribution < 1.29 is 5.11 Å². The third-order valence-corrected chi connectivity index (χ3v) is 2.87. The largest absolute Gasteiger partial charge is 0.506 e. The van der Waals surface area contributed by atoms with Crippen molar-refractivity contribution in [2.45, 2.75) is 0 Å². The summed E-state index contributed by atoms with van der Waals surface area (Å²) in [5.74, 6) is 0.0681. The highest BCUT2D eigenvalue weighted by Crippen LogP contribution is 2.39. The quantitative estimate of drug-likeness (QED) is 0.670. The van der Waals surface area contributed by atoms with Crippen molar-refractivity contribution in [2.75, 3.05) is 0 Å². The molecule has 13 heavy (non-hydrogen) atoms. The van der Waals surface area contributed by atoms with Gasteiger partial charge in [-0.2, -0.15) is 0 Å². The second-order valence-corrected chi connectivity index (χ2v) is 3.77. The Labute approximate surface area is 89.0 Å². The summed E-state index contributed by atoms with van der Waals surface area (Å²) in [6.45, 7) is 0. The first-order valence-corrected chi connectivity index (χ1v) is 4.58. The molecule has 2 N–H and O–H groups in total. The van der Waals surface area contributed by atoms with Gasteiger partial charge in [-0.15, -0.1) is 0 Å². The molecule has 1 aromatic heterocycles. The zero-order valence-corrected chi connectivity index (χ0v) is 8.50. The Morgan fingerprint density at radius 3 is 2.54 bits per heavy atom. The van der Waals surface area contributed by atoms with Gasteiger partial charge in [-0.25, -0.2) is 0 Å². The summed E-state index contributed by atoms with van der Waals surface area (Å²) in [5, 5.41) is 11.0. The predicted molar refractivity (Wildman–Crippen MR) is 55.0 cm³/mol. The Bertz CT molecular complexity index is 478. The van der Waals surface area contributed by atoms with E-state index in [1.165, 1.54) is 12.3 Å². The van der Waals surface area contributed by atoms with Crippen LogP contribution in [0, 0.1) is 0 Å². The molecular weight excluding hydrogens is 232 g/mol. The lowest BCUT2D eigenvalue weighted by molar-refractivity contribution is 0.481. The number of H-pyrrole nitrogens is 1. The van der Waals surface area contributed by atoms with E-state index >= 15 is 0 Å². The Kier molecular flexibility index (Phi) is 2.06. The molecule has 2 nitrogen and oxygen atoms in total. The van der Waals surface area contributed by atoms with E-state index < -0.39 is 0 Å². The van der Waals surface area contributed by atoms with Crippen LogP contribution < -0.4 is 0 Å². The molecule has 2 aromatic rings. The normalized spacial score (nSPS) is 11.0. The number of aromatic hydroxyl groups is 1.